The molecule has 18 heavy (non-hydrogen) atoms. The van der Waals surface area contributed by atoms with Gasteiger partial charge in [0.1, 0.15) is 10.0 Å². The molecule has 0 aliphatic rings. The molecule has 0 aliphatic carbocycles. The van der Waals surface area contributed by atoms with Crippen molar-refractivity contribution < 1.29 is 0 Å². The Morgan fingerprint density at radius 2 is 1.78 bits per heavy atom. The van der Waals surface area contributed by atoms with E-state index in [0.29, 0.717) is 6.04 Å². The number of nitrogens with zero attached hydrogens (tertiary/aromatic N) is 2. The molecule has 1 aromatic heterocycles. The molecule has 0 spiro atoms. The summed E-state index contributed by atoms with van der Waals surface area (Å²) in [6.45, 7) is 5.09. The van der Waals surface area contributed by atoms with Gasteiger partial charge in [0.05, 0.1) is 0 Å². The predicted octanol–water partition coefficient (Wildman–Crippen LogP) is 2.82. The highest BCUT2D eigenvalue weighted by atomic mass is 32.1. The predicted molar refractivity (Wildman–Crippen MR) is 75.7 cm³/mol. The van der Waals surface area contributed by atoms with Crippen molar-refractivity contribution in [2.45, 2.75) is 39.3 Å². The van der Waals surface area contributed by atoms with E-state index >= 15 is 0 Å². The Morgan fingerprint density at radius 1 is 1.06 bits per heavy atom. The standard InChI is InChI=1S/C14H19N3S/c1-11(2)15-10-14-17-16-13(18-14)9-8-12-6-4-3-5-7-12/h3-7,11,15H,8-10H2,1-2H3. The number of aryl methyl sites for hydroxylation is 2. The number of aromatic nitrogens is 2. The van der Waals surface area contributed by atoms with Crippen LogP contribution in [-0.2, 0) is 19.4 Å². The van der Waals surface area contributed by atoms with Crippen molar-refractivity contribution >= 4 is 11.3 Å². The molecule has 0 amide bonds. The molecule has 0 saturated carbocycles. The quantitative estimate of drug-likeness (QED) is 0.869. The third kappa shape index (κ3) is 4.20. The lowest BCUT2D eigenvalue weighted by molar-refractivity contribution is 0.584. The first kappa shape index (κ1) is 13.2. The second-order valence-electron chi connectivity index (χ2n) is 4.61. The molecule has 2 rings (SSSR count). The molecule has 0 atom stereocenters. The van der Waals surface area contributed by atoms with Gasteiger partial charge in [-0.25, -0.2) is 0 Å². The van der Waals surface area contributed by atoms with Crippen molar-refractivity contribution in [3.05, 3.63) is 45.9 Å². The molecule has 0 unspecified atom stereocenters. The van der Waals surface area contributed by atoms with Gasteiger partial charge in [-0.1, -0.05) is 44.2 Å². The first-order valence-electron chi connectivity index (χ1n) is 6.32. The van der Waals surface area contributed by atoms with Gasteiger partial charge in [-0.3, -0.25) is 0 Å². The fourth-order valence-corrected chi connectivity index (χ4v) is 2.44. The van der Waals surface area contributed by atoms with Gasteiger partial charge < -0.3 is 5.32 Å². The topological polar surface area (TPSA) is 37.8 Å². The fraction of sp³-hybridized carbons (Fsp3) is 0.429. The molecule has 1 aromatic carbocycles. The van der Waals surface area contributed by atoms with E-state index in [1.54, 1.807) is 11.3 Å². The van der Waals surface area contributed by atoms with Crippen molar-refractivity contribution in [1.29, 1.82) is 0 Å². The molecule has 0 aliphatic heterocycles. The van der Waals surface area contributed by atoms with E-state index in [2.05, 4.69) is 53.6 Å². The summed E-state index contributed by atoms with van der Waals surface area (Å²) in [5.41, 5.74) is 1.36. The highest BCUT2D eigenvalue weighted by molar-refractivity contribution is 7.11. The Morgan fingerprint density at radius 3 is 2.50 bits per heavy atom. The lowest BCUT2D eigenvalue weighted by atomic mass is 10.1. The van der Waals surface area contributed by atoms with Crippen LogP contribution in [0, 0.1) is 0 Å². The van der Waals surface area contributed by atoms with Gasteiger partial charge in [0.2, 0.25) is 0 Å². The zero-order valence-corrected chi connectivity index (χ0v) is 11.7. The van der Waals surface area contributed by atoms with Crippen LogP contribution in [0.1, 0.15) is 29.4 Å². The van der Waals surface area contributed by atoms with Gasteiger partial charge in [0.25, 0.3) is 0 Å². The van der Waals surface area contributed by atoms with Crippen molar-refractivity contribution in [1.82, 2.24) is 15.5 Å². The summed E-state index contributed by atoms with van der Waals surface area (Å²) in [6.07, 6.45) is 2.01. The Balaban J connectivity index is 1.83. The summed E-state index contributed by atoms with van der Waals surface area (Å²) in [4.78, 5) is 0. The summed E-state index contributed by atoms with van der Waals surface area (Å²) in [6, 6.07) is 11.0. The zero-order chi connectivity index (χ0) is 12.8. The van der Waals surface area contributed by atoms with Crippen molar-refractivity contribution in [2.75, 3.05) is 0 Å². The third-order valence-corrected chi connectivity index (χ3v) is 3.62. The maximum atomic E-state index is 4.24. The molecule has 0 fully saturated rings. The van der Waals surface area contributed by atoms with Gasteiger partial charge in [0.15, 0.2) is 0 Å². The molecule has 1 heterocycles. The van der Waals surface area contributed by atoms with E-state index in [1.165, 1.54) is 5.56 Å². The van der Waals surface area contributed by atoms with Crippen LogP contribution < -0.4 is 5.32 Å². The van der Waals surface area contributed by atoms with Crippen molar-refractivity contribution in [3.63, 3.8) is 0 Å². The van der Waals surface area contributed by atoms with Gasteiger partial charge in [-0.05, 0) is 12.0 Å². The average molecular weight is 261 g/mol. The lowest BCUT2D eigenvalue weighted by Gasteiger charge is -2.03. The van der Waals surface area contributed by atoms with Crippen LogP contribution in [0.2, 0.25) is 0 Å². The molecule has 3 nitrogen and oxygen atoms in total. The van der Waals surface area contributed by atoms with Crippen LogP contribution in [0.4, 0.5) is 0 Å². The number of hydrogen-bond donors (Lipinski definition) is 1. The first-order valence-corrected chi connectivity index (χ1v) is 7.14. The van der Waals surface area contributed by atoms with Crippen LogP contribution in [0.15, 0.2) is 30.3 Å². The van der Waals surface area contributed by atoms with E-state index in [1.807, 2.05) is 6.07 Å². The fourth-order valence-electron chi connectivity index (χ4n) is 1.65. The molecule has 4 heteroatoms. The van der Waals surface area contributed by atoms with Crippen molar-refractivity contribution in [3.8, 4) is 0 Å². The number of rotatable bonds is 6. The number of hydrogen-bond acceptors (Lipinski definition) is 4. The van der Waals surface area contributed by atoms with Crippen LogP contribution in [0.25, 0.3) is 0 Å². The summed E-state index contributed by atoms with van der Waals surface area (Å²) >= 11 is 1.71. The van der Waals surface area contributed by atoms with Crippen LogP contribution in [-0.4, -0.2) is 16.2 Å². The maximum Gasteiger partial charge on any atom is 0.131 e. The van der Waals surface area contributed by atoms with E-state index in [0.717, 1.165) is 29.4 Å². The maximum absolute atomic E-state index is 4.24. The molecule has 0 saturated heterocycles. The lowest BCUT2D eigenvalue weighted by Crippen LogP contribution is -2.21. The largest absolute Gasteiger partial charge is 0.308 e. The van der Waals surface area contributed by atoms with Crippen LogP contribution in [0.5, 0.6) is 0 Å². The molecular weight excluding hydrogens is 242 g/mol. The van der Waals surface area contributed by atoms with Gasteiger partial charge in [-0.2, -0.15) is 0 Å². The first-order chi connectivity index (χ1) is 8.74. The second-order valence-corrected chi connectivity index (χ2v) is 5.76. The summed E-state index contributed by atoms with van der Waals surface area (Å²) in [7, 11) is 0. The molecular formula is C14H19N3S. The Bertz CT molecular complexity index is 465. The monoisotopic (exact) mass is 261 g/mol. The Kier molecular flexibility index (Phi) is 4.84. The Hall–Kier alpha value is -1.26. The third-order valence-electron chi connectivity index (χ3n) is 2.64. The highest BCUT2D eigenvalue weighted by Crippen LogP contribution is 2.13. The minimum atomic E-state index is 0.488. The average Bonchev–Trinajstić information content (AvgIpc) is 2.83. The number of benzene rings is 1. The summed E-state index contributed by atoms with van der Waals surface area (Å²) in [5, 5.41) is 14.0. The van der Waals surface area contributed by atoms with Crippen LogP contribution >= 0.6 is 11.3 Å². The normalized spacial score (nSPS) is 11.1. The number of nitrogens with one attached hydrogen (secondary N) is 1. The molecule has 96 valence electrons. The van der Waals surface area contributed by atoms with E-state index in [-0.39, 0.29) is 0 Å². The minimum absolute atomic E-state index is 0.488. The smallest absolute Gasteiger partial charge is 0.131 e. The SMILES string of the molecule is CC(C)NCc1nnc(CCc2ccccc2)s1. The molecule has 0 bridgehead atoms. The van der Waals surface area contributed by atoms with Crippen LogP contribution in [0.3, 0.4) is 0 Å². The Labute approximate surface area is 112 Å². The summed E-state index contributed by atoms with van der Waals surface area (Å²) < 4.78 is 0. The molecule has 1 N–H and O–H groups in total. The van der Waals surface area contributed by atoms with E-state index < -0.39 is 0 Å². The van der Waals surface area contributed by atoms with Crippen molar-refractivity contribution in [2.24, 2.45) is 0 Å². The molecule has 0 radical (unpaired) electrons. The minimum Gasteiger partial charge on any atom is -0.308 e. The van der Waals surface area contributed by atoms with Gasteiger partial charge in [0, 0.05) is 19.0 Å². The molecule has 2 aromatic rings. The van der Waals surface area contributed by atoms with Gasteiger partial charge >= 0.3 is 0 Å². The van der Waals surface area contributed by atoms with E-state index in [9.17, 15) is 0 Å². The summed E-state index contributed by atoms with van der Waals surface area (Å²) in [5.74, 6) is 0. The zero-order valence-electron chi connectivity index (χ0n) is 10.9. The highest BCUT2D eigenvalue weighted by Gasteiger charge is 2.04. The van der Waals surface area contributed by atoms with E-state index in [4.69, 9.17) is 0 Å². The van der Waals surface area contributed by atoms with Gasteiger partial charge in [-0.15, -0.1) is 21.5 Å². The second kappa shape index (κ2) is 6.61.